The van der Waals surface area contributed by atoms with Crippen LogP contribution in [0.3, 0.4) is 0 Å². The Morgan fingerprint density at radius 2 is 1.61 bits per heavy atom. The third-order valence-corrected chi connectivity index (χ3v) is 3.49. The van der Waals surface area contributed by atoms with E-state index in [1.807, 2.05) is 25.7 Å². The van der Waals surface area contributed by atoms with Gasteiger partial charge >= 0.3 is 6.36 Å². The van der Waals surface area contributed by atoms with Gasteiger partial charge in [0.1, 0.15) is 0 Å². The second kappa shape index (κ2) is 7.96. The summed E-state index contributed by atoms with van der Waals surface area (Å²) >= 11 is 0. The standard InChI is InChI=1S/C12H25F3N2O/c1-4-7-17(8-9-18-12(13,14)15)11(5-2,6-3)10-16/h4-10,16H2,1-3H3. The highest BCUT2D eigenvalue weighted by atomic mass is 19.4. The smallest absolute Gasteiger partial charge is 0.329 e. The molecule has 6 heteroatoms. The number of hydrogen-bond acceptors (Lipinski definition) is 3. The second-order valence-electron chi connectivity index (χ2n) is 4.42. The molecule has 0 amide bonds. The summed E-state index contributed by atoms with van der Waals surface area (Å²) in [6.07, 6.45) is -2.02. The molecule has 0 rings (SSSR count). The Bertz CT molecular complexity index is 210. The monoisotopic (exact) mass is 270 g/mol. The lowest BCUT2D eigenvalue weighted by Gasteiger charge is -2.42. The molecule has 3 nitrogen and oxygen atoms in total. The van der Waals surface area contributed by atoms with E-state index in [0.29, 0.717) is 6.54 Å². The Balaban J connectivity index is 4.53. The van der Waals surface area contributed by atoms with Crippen LogP contribution in [0.25, 0.3) is 0 Å². The highest BCUT2D eigenvalue weighted by molar-refractivity contribution is 4.89. The van der Waals surface area contributed by atoms with E-state index < -0.39 is 6.36 Å². The zero-order valence-electron chi connectivity index (χ0n) is 11.5. The number of ether oxygens (including phenoxy) is 1. The summed E-state index contributed by atoms with van der Waals surface area (Å²) in [6.45, 7) is 7.14. The largest absolute Gasteiger partial charge is 0.522 e. The molecule has 0 atom stereocenters. The van der Waals surface area contributed by atoms with Crippen LogP contribution in [-0.2, 0) is 4.74 Å². The van der Waals surface area contributed by atoms with Crippen molar-refractivity contribution < 1.29 is 17.9 Å². The molecule has 0 saturated heterocycles. The minimum Gasteiger partial charge on any atom is -0.329 e. The van der Waals surface area contributed by atoms with Crippen LogP contribution in [0.5, 0.6) is 0 Å². The predicted octanol–water partition coefficient (Wildman–Crippen LogP) is 2.75. The van der Waals surface area contributed by atoms with Crippen molar-refractivity contribution in [3.63, 3.8) is 0 Å². The van der Waals surface area contributed by atoms with E-state index in [4.69, 9.17) is 5.73 Å². The number of hydrogen-bond donors (Lipinski definition) is 1. The van der Waals surface area contributed by atoms with Gasteiger partial charge in [-0.3, -0.25) is 9.64 Å². The molecule has 0 unspecified atom stereocenters. The van der Waals surface area contributed by atoms with Gasteiger partial charge in [0.15, 0.2) is 0 Å². The fourth-order valence-electron chi connectivity index (χ4n) is 2.24. The molecule has 0 aliphatic carbocycles. The minimum atomic E-state index is -4.55. The first kappa shape index (κ1) is 17.7. The van der Waals surface area contributed by atoms with E-state index in [-0.39, 0.29) is 18.7 Å². The zero-order valence-corrected chi connectivity index (χ0v) is 11.5. The Morgan fingerprint density at radius 1 is 1.06 bits per heavy atom. The summed E-state index contributed by atoms with van der Waals surface area (Å²) < 4.78 is 39.8. The molecule has 0 saturated carbocycles. The van der Waals surface area contributed by atoms with Gasteiger partial charge in [-0.05, 0) is 25.8 Å². The summed E-state index contributed by atoms with van der Waals surface area (Å²) in [5.41, 5.74) is 5.60. The second-order valence-corrected chi connectivity index (χ2v) is 4.42. The molecule has 0 aromatic heterocycles. The van der Waals surface area contributed by atoms with Gasteiger partial charge in [0, 0.05) is 18.6 Å². The van der Waals surface area contributed by atoms with Crippen LogP contribution < -0.4 is 5.73 Å². The summed E-state index contributed by atoms with van der Waals surface area (Å²) in [5.74, 6) is 0. The number of alkyl halides is 3. The summed E-state index contributed by atoms with van der Waals surface area (Å²) in [5, 5.41) is 0. The van der Waals surface area contributed by atoms with E-state index in [1.165, 1.54) is 0 Å². The molecular formula is C12H25F3N2O. The van der Waals surface area contributed by atoms with Crippen molar-refractivity contribution in [3.05, 3.63) is 0 Å². The summed E-state index contributed by atoms with van der Waals surface area (Å²) in [7, 11) is 0. The fraction of sp³-hybridized carbons (Fsp3) is 1.00. The van der Waals surface area contributed by atoms with Gasteiger partial charge in [0.2, 0.25) is 0 Å². The van der Waals surface area contributed by atoms with Crippen molar-refractivity contribution in [2.24, 2.45) is 5.73 Å². The molecule has 0 heterocycles. The molecule has 0 fully saturated rings. The van der Waals surface area contributed by atoms with Gasteiger partial charge in [-0.2, -0.15) is 0 Å². The van der Waals surface area contributed by atoms with Crippen LogP contribution in [0.1, 0.15) is 40.0 Å². The lowest BCUT2D eigenvalue weighted by Crippen LogP contribution is -2.54. The van der Waals surface area contributed by atoms with Crippen LogP contribution in [0, 0.1) is 0 Å². The maximum Gasteiger partial charge on any atom is 0.522 e. The van der Waals surface area contributed by atoms with Crippen LogP contribution in [0.15, 0.2) is 0 Å². The molecule has 0 aliphatic heterocycles. The predicted molar refractivity (Wildman–Crippen MR) is 66.2 cm³/mol. The van der Waals surface area contributed by atoms with E-state index in [9.17, 15) is 13.2 Å². The van der Waals surface area contributed by atoms with E-state index in [1.54, 1.807) is 0 Å². The number of nitrogens with zero attached hydrogens (tertiary/aromatic N) is 1. The van der Waals surface area contributed by atoms with Gasteiger partial charge in [-0.15, -0.1) is 13.2 Å². The van der Waals surface area contributed by atoms with E-state index in [2.05, 4.69) is 4.74 Å². The first-order chi connectivity index (χ1) is 8.35. The van der Waals surface area contributed by atoms with Gasteiger partial charge in [-0.25, -0.2) is 0 Å². The van der Waals surface area contributed by atoms with Crippen LogP contribution in [0.2, 0.25) is 0 Å². The lowest BCUT2D eigenvalue weighted by molar-refractivity contribution is -0.325. The van der Waals surface area contributed by atoms with E-state index >= 15 is 0 Å². The Hall–Kier alpha value is -0.330. The van der Waals surface area contributed by atoms with Gasteiger partial charge in [0.05, 0.1) is 6.61 Å². The fourth-order valence-corrected chi connectivity index (χ4v) is 2.24. The number of halogens is 3. The molecule has 2 N–H and O–H groups in total. The van der Waals surface area contributed by atoms with Crippen molar-refractivity contribution in [2.45, 2.75) is 51.9 Å². The number of nitrogens with two attached hydrogens (primary N) is 1. The van der Waals surface area contributed by atoms with Crippen molar-refractivity contribution in [2.75, 3.05) is 26.2 Å². The Kier molecular flexibility index (Phi) is 7.82. The summed E-state index contributed by atoms with van der Waals surface area (Å²) in [6, 6.07) is 0. The molecular weight excluding hydrogens is 245 g/mol. The molecule has 0 spiro atoms. The van der Waals surface area contributed by atoms with Gasteiger partial charge < -0.3 is 5.73 Å². The topological polar surface area (TPSA) is 38.5 Å². The maximum atomic E-state index is 12.0. The van der Waals surface area contributed by atoms with E-state index in [0.717, 1.165) is 25.8 Å². The van der Waals surface area contributed by atoms with Crippen LogP contribution >= 0.6 is 0 Å². The molecule has 18 heavy (non-hydrogen) atoms. The van der Waals surface area contributed by atoms with Crippen LogP contribution in [0.4, 0.5) is 13.2 Å². The molecule has 0 bridgehead atoms. The highest BCUT2D eigenvalue weighted by Gasteiger charge is 2.33. The normalized spacial score (nSPS) is 13.3. The zero-order chi connectivity index (χ0) is 14.2. The average Bonchev–Trinajstić information content (AvgIpc) is 2.30. The Labute approximate surface area is 107 Å². The molecule has 0 radical (unpaired) electrons. The summed E-state index contributed by atoms with van der Waals surface area (Å²) in [4.78, 5) is 2.03. The van der Waals surface area contributed by atoms with Gasteiger partial charge in [-0.1, -0.05) is 20.8 Å². The van der Waals surface area contributed by atoms with Gasteiger partial charge in [0.25, 0.3) is 0 Å². The van der Waals surface area contributed by atoms with Crippen molar-refractivity contribution in [3.8, 4) is 0 Å². The first-order valence-corrected chi connectivity index (χ1v) is 6.51. The van der Waals surface area contributed by atoms with Crippen LogP contribution in [-0.4, -0.2) is 43.0 Å². The first-order valence-electron chi connectivity index (χ1n) is 6.51. The Morgan fingerprint density at radius 3 is 1.94 bits per heavy atom. The SMILES string of the molecule is CCCN(CCOC(F)(F)F)C(CC)(CC)CN. The molecule has 110 valence electrons. The lowest BCUT2D eigenvalue weighted by atomic mass is 9.90. The molecule has 0 aromatic rings. The highest BCUT2D eigenvalue weighted by Crippen LogP contribution is 2.24. The third-order valence-electron chi connectivity index (χ3n) is 3.49. The van der Waals surface area contributed by atoms with Crippen molar-refractivity contribution >= 4 is 0 Å². The molecule has 0 aliphatic rings. The molecule has 0 aromatic carbocycles. The maximum absolute atomic E-state index is 12.0. The van der Waals surface area contributed by atoms with Crippen molar-refractivity contribution in [1.29, 1.82) is 0 Å². The average molecular weight is 270 g/mol. The quantitative estimate of drug-likeness (QED) is 0.700. The minimum absolute atomic E-state index is 0.217. The third kappa shape index (κ3) is 5.54. The number of rotatable bonds is 9. The van der Waals surface area contributed by atoms with Crippen molar-refractivity contribution in [1.82, 2.24) is 4.90 Å².